The summed E-state index contributed by atoms with van der Waals surface area (Å²) in [5.41, 5.74) is 11.4. The molecule has 0 aromatic heterocycles. The lowest BCUT2D eigenvalue weighted by molar-refractivity contribution is -0.126. The van der Waals surface area contributed by atoms with E-state index < -0.39 is 0 Å². The molecule has 33 heavy (non-hydrogen) atoms. The lowest BCUT2D eigenvalue weighted by atomic mass is 9.75. The highest BCUT2D eigenvalue weighted by Crippen LogP contribution is 2.42. The topological polar surface area (TPSA) is 55.1 Å². The van der Waals surface area contributed by atoms with E-state index >= 15 is 0 Å². The van der Waals surface area contributed by atoms with Crippen molar-refractivity contribution in [3.05, 3.63) is 69.7 Å². The van der Waals surface area contributed by atoms with Crippen molar-refractivity contribution in [2.75, 3.05) is 6.54 Å². The molecule has 0 radical (unpaired) electrons. The number of nitrogens with two attached hydrogens (primary N) is 1. The zero-order valence-corrected chi connectivity index (χ0v) is 21.0. The lowest BCUT2D eigenvalue weighted by Gasteiger charge is -2.33. The van der Waals surface area contributed by atoms with E-state index in [1.807, 2.05) is 24.3 Å². The van der Waals surface area contributed by atoms with Crippen molar-refractivity contribution in [3.8, 4) is 0 Å². The molecule has 1 unspecified atom stereocenters. The van der Waals surface area contributed by atoms with Crippen LogP contribution in [0.2, 0.25) is 5.02 Å². The zero-order chi connectivity index (χ0) is 23.4. The summed E-state index contributed by atoms with van der Waals surface area (Å²) in [5.74, 6) is 1.44. The van der Waals surface area contributed by atoms with Gasteiger partial charge in [-0.15, -0.1) is 0 Å². The van der Waals surface area contributed by atoms with Gasteiger partial charge in [0, 0.05) is 17.6 Å². The molecule has 0 aliphatic heterocycles. The van der Waals surface area contributed by atoms with Crippen molar-refractivity contribution >= 4 is 17.5 Å². The Labute approximate surface area is 204 Å². The van der Waals surface area contributed by atoms with Gasteiger partial charge in [0.2, 0.25) is 5.91 Å². The first-order chi connectivity index (χ1) is 15.9. The number of carbonyl (C=O) groups excluding carboxylic acids is 1. The van der Waals surface area contributed by atoms with Crippen molar-refractivity contribution in [2.45, 2.75) is 83.1 Å². The summed E-state index contributed by atoms with van der Waals surface area (Å²) in [4.78, 5) is 13.3. The number of amides is 1. The molecule has 2 saturated carbocycles. The Morgan fingerprint density at radius 3 is 2.39 bits per heavy atom. The SMILES string of the molecule is Cc1cccc(C(N)C2CCC(CCNC(=O)C3(c4ccc(Cl)cc4)CCCC3)CC2)c1C. The van der Waals surface area contributed by atoms with Crippen LogP contribution in [0.5, 0.6) is 0 Å². The Hall–Kier alpha value is -1.84. The van der Waals surface area contributed by atoms with E-state index in [1.54, 1.807) is 0 Å². The first-order valence-corrected chi connectivity index (χ1v) is 13.1. The quantitative estimate of drug-likeness (QED) is 0.472. The van der Waals surface area contributed by atoms with Crippen molar-refractivity contribution in [1.82, 2.24) is 5.32 Å². The van der Waals surface area contributed by atoms with E-state index in [-0.39, 0.29) is 17.4 Å². The van der Waals surface area contributed by atoms with Crippen LogP contribution in [-0.2, 0) is 10.2 Å². The van der Waals surface area contributed by atoms with Crippen LogP contribution in [0.15, 0.2) is 42.5 Å². The molecule has 2 aliphatic carbocycles. The van der Waals surface area contributed by atoms with Crippen molar-refractivity contribution < 1.29 is 4.79 Å². The molecule has 4 heteroatoms. The number of benzene rings is 2. The van der Waals surface area contributed by atoms with Gasteiger partial charge in [-0.25, -0.2) is 0 Å². The van der Waals surface area contributed by atoms with Gasteiger partial charge in [0.25, 0.3) is 0 Å². The van der Waals surface area contributed by atoms with Crippen molar-refractivity contribution in [1.29, 1.82) is 0 Å². The van der Waals surface area contributed by atoms with Crippen molar-refractivity contribution in [2.24, 2.45) is 17.6 Å². The zero-order valence-electron chi connectivity index (χ0n) is 20.2. The van der Waals surface area contributed by atoms with Crippen molar-refractivity contribution in [3.63, 3.8) is 0 Å². The van der Waals surface area contributed by atoms with Gasteiger partial charge < -0.3 is 11.1 Å². The first-order valence-electron chi connectivity index (χ1n) is 12.8. The van der Waals surface area contributed by atoms with Crippen LogP contribution < -0.4 is 11.1 Å². The highest BCUT2D eigenvalue weighted by Gasteiger charge is 2.42. The maximum absolute atomic E-state index is 13.3. The fraction of sp³-hybridized carbons (Fsp3) is 0.552. The van der Waals surface area contributed by atoms with Crippen LogP contribution >= 0.6 is 11.6 Å². The van der Waals surface area contributed by atoms with Crippen LogP contribution in [0.25, 0.3) is 0 Å². The molecule has 0 spiro atoms. The minimum Gasteiger partial charge on any atom is -0.355 e. The van der Waals surface area contributed by atoms with Crippen LogP contribution in [0.3, 0.4) is 0 Å². The van der Waals surface area contributed by atoms with Gasteiger partial charge in [0.1, 0.15) is 0 Å². The molecule has 178 valence electrons. The summed E-state index contributed by atoms with van der Waals surface area (Å²) in [5, 5.41) is 4.03. The Morgan fingerprint density at radius 1 is 1.06 bits per heavy atom. The van der Waals surface area contributed by atoms with E-state index in [4.69, 9.17) is 17.3 Å². The Morgan fingerprint density at radius 2 is 1.73 bits per heavy atom. The number of carbonyl (C=O) groups is 1. The monoisotopic (exact) mass is 466 g/mol. The van der Waals surface area contributed by atoms with E-state index in [1.165, 1.54) is 42.4 Å². The average Bonchev–Trinajstić information content (AvgIpc) is 3.33. The van der Waals surface area contributed by atoms with E-state index in [0.717, 1.165) is 49.2 Å². The number of nitrogens with one attached hydrogen (secondary N) is 1. The van der Waals surface area contributed by atoms with E-state index in [9.17, 15) is 4.79 Å². The van der Waals surface area contributed by atoms with E-state index in [0.29, 0.717) is 11.8 Å². The van der Waals surface area contributed by atoms with Gasteiger partial charge in [0.05, 0.1) is 5.41 Å². The minimum atomic E-state index is -0.374. The van der Waals surface area contributed by atoms with Crippen LogP contribution in [0.1, 0.15) is 86.1 Å². The second kappa shape index (κ2) is 10.6. The van der Waals surface area contributed by atoms with Gasteiger partial charge in [-0.3, -0.25) is 4.79 Å². The smallest absolute Gasteiger partial charge is 0.230 e. The molecule has 0 saturated heterocycles. The molecular weight excluding hydrogens is 428 g/mol. The molecule has 3 nitrogen and oxygen atoms in total. The molecule has 2 fully saturated rings. The molecule has 2 aliphatic rings. The fourth-order valence-corrected chi connectivity index (χ4v) is 6.30. The van der Waals surface area contributed by atoms with Gasteiger partial charge in [-0.2, -0.15) is 0 Å². The number of rotatable bonds is 7. The summed E-state index contributed by atoms with van der Waals surface area (Å²) in [6, 6.07) is 14.5. The highest BCUT2D eigenvalue weighted by atomic mass is 35.5. The maximum atomic E-state index is 13.3. The van der Waals surface area contributed by atoms with Crippen LogP contribution in [0.4, 0.5) is 0 Å². The standard InChI is InChI=1S/C29H39ClN2O/c1-20-6-5-7-26(21(20)2)27(31)23-10-8-22(9-11-23)16-19-32-28(33)29(17-3-4-18-29)24-12-14-25(30)15-13-24/h5-7,12-15,22-23,27H,3-4,8-11,16-19,31H2,1-2H3,(H,32,33). The predicted octanol–water partition coefficient (Wildman–Crippen LogP) is 6.78. The number of aryl methyl sites for hydroxylation is 1. The second-order valence-electron chi connectivity index (χ2n) is 10.4. The molecular formula is C29H39ClN2O. The fourth-order valence-electron chi connectivity index (χ4n) is 6.18. The third kappa shape index (κ3) is 5.30. The molecule has 2 aromatic carbocycles. The third-order valence-corrected chi connectivity index (χ3v) is 8.78. The number of halogens is 1. The molecule has 3 N–H and O–H groups in total. The van der Waals surface area contributed by atoms with Gasteiger partial charge in [-0.1, -0.05) is 67.6 Å². The molecule has 0 heterocycles. The summed E-state index contributed by atoms with van der Waals surface area (Å²) in [6.45, 7) is 5.13. The van der Waals surface area contributed by atoms with Gasteiger partial charge in [0.15, 0.2) is 0 Å². The highest BCUT2D eigenvalue weighted by molar-refractivity contribution is 6.30. The summed E-state index contributed by atoms with van der Waals surface area (Å²) in [6.07, 6.45) is 9.94. The van der Waals surface area contributed by atoms with Crippen LogP contribution in [0, 0.1) is 25.7 Å². The maximum Gasteiger partial charge on any atom is 0.230 e. The number of hydrogen-bond acceptors (Lipinski definition) is 2. The van der Waals surface area contributed by atoms with Gasteiger partial charge in [-0.05, 0) is 92.2 Å². The lowest BCUT2D eigenvalue weighted by Crippen LogP contribution is -2.43. The van der Waals surface area contributed by atoms with Gasteiger partial charge >= 0.3 is 0 Å². The summed E-state index contributed by atoms with van der Waals surface area (Å²) in [7, 11) is 0. The molecule has 4 rings (SSSR count). The minimum absolute atomic E-state index is 0.132. The molecule has 2 aromatic rings. The van der Waals surface area contributed by atoms with E-state index in [2.05, 4.69) is 37.4 Å². The summed E-state index contributed by atoms with van der Waals surface area (Å²) < 4.78 is 0. The predicted molar refractivity (Wildman–Crippen MR) is 138 cm³/mol. The molecule has 1 atom stereocenters. The summed E-state index contributed by atoms with van der Waals surface area (Å²) >= 11 is 6.08. The first kappa shape index (κ1) is 24.3. The number of hydrogen-bond donors (Lipinski definition) is 2. The normalized spacial score (nSPS) is 23.3. The Balaban J connectivity index is 1.27. The molecule has 1 amide bonds. The average molecular weight is 467 g/mol. The Kier molecular flexibility index (Phi) is 7.81. The van der Waals surface area contributed by atoms with Crippen LogP contribution in [-0.4, -0.2) is 12.5 Å². The third-order valence-electron chi connectivity index (χ3n) is 8.53. The second-order valence-corrected chi connectivity index (χ2v) is 10.9. The molecule has 0 bridgehead atoms. The largest absolute Gasteiger partial charge is 0.355 e. The Bertz CT molecular complexity index is 941.